The number of thiazole rings is 1. The van der Waals surface area contributed by atoms with E-state index in [4.69, 9.17) is 16.3 Å². The molecule has 0 aliphatic rings. The number of hydrogen-bond donors (Lipinski definition) is 1. The van der Waals surface area contributed by atoms with Crippen molar-refractivity contribution in [2.45, 2.75) is 18.4 Å². The summed E-state index contributed by atoms with van der Waals surface area (Å²) in [5.41, 5.74) is 3.89. The molecule has 0 saturated heterocycles. The lowest BCUT2D eigenvalue weighted by Crippen LogP contribution is -2.12. The van der Waals surface area contributed by atoms with Gasteiger partial charge in [-0.3, -0.25) is 4.79 Å². The highest BCUT2D eigenvalue weighted by Crippen LogP contribution is 2.28. The Morgan fingerprint density at radius 3 is 2.49 bits per heavy atom. The van der Waals surface area contributed by atoms with Gasteiger partial charge < -0.3 is 10.1 Å². The topological polar surface area (TPSA) is 87.9 Å². The van der Waals surface area contributed by atoms with Crippen LogP contribution in [0.2, 0.25) is 5.02 Å². The molecule has 176 valence electrons. The Bertz CT molecular complexity index is 1350. The summed E-state index contributed by atoms with van der Waals surface area (Å²) < 4.78 is 5.47. The maximum Gasteiger partial charge on any atom is 0.226 e. The summed E-state index contributed by atoms with van der Waals surface area (Å²) in [5.74, 6) is 1.15. The summed E-state index contributed by atoms with van der Waals surface area (Å²) in [6.07, 6.45) is 0.264. The number of ether oxygens (including phenoxy) is 1. The second-order valence-electron chi connectivity index (χ2n) is 7.31. The summed E-state index contributed by atoms with van der Waals surface area (Å²) in [6, 6.07) is 20.8. The molecule has 0 radical (unpaired) electrons. The molecule has 6 nitrogen and oxygen atoms in total. The first-order valence-electron chi connectivity index (χ1n) is 10.8. The van der Waals surface area contributed by atoms with Crippen molar-refractivity contribution in [2.24, 2.45) is 0 Å². The van der Waals surface area contributed by atoms with Gasteiger partial charge in [0.25, 0.3) is 0 Å². The molecule has 0 saturated carbocycles. The Kier molecular flexibility index (Phi) is 8.37. The zero-order chi connectivity index (χ0) is 24.6. The maximum atomic E-state index is 12.5. The number of nitriles is 1. The molecule has 9 heteroatoms. The standard InChI is InChI=1S/C26H21ClN4O2S2/c1-2-33-21-10-5-18(6-11-21)23-16-35-26(30-23)31-24(32)13-14-34-25-19(15-28)7-12-22(29-25)17-3-8-20(27)9-4-17/h3-12,16H,2,13-14H2,1H3,(H,30,31,32). The second kappa shape index (κ2) is 11.8. The van der Waals surface area contributed by atoms with Crippen LogP contribution >= 0.6 is 34.7 Å². The van der Waals surface area contributed by atoms with E-state index in [2.05, 4.69) is 21.4 Å². The molecule has 0 aliphatic carbocycles. The zero-order valence-corrected chi connectivity index (χ0v) is 21.2. The number of benzene rings is 2. The molecule has 2 aromatic heterocycles. The molecule has 0 unspecified atom stereocenters. The quantitative estimate of drug-likeness (QED) is 0.241. The van der Waals surface area contributed by atoms with Crippen LogP contribution in [0.25, 0.3) is 22.5 Å². The minimum absolute atomic E-state index is 0.141. The Morgan fingerprint density at radius 2 is 1.77 bits per heavy atom. The molecule has 0 fully saturated rings. The number of pyridine rings is 1. The Hall–Kier alpha value is -3.38. The second-order valence-corrected chi connectivity index (χ2v) is 9.69. The van der Waals surface area contributed by atoms with E-state index in [1.165, 1.54) is 23.1 Å². The summed E-state index contributed by atoms with van der Waals surface area (Å²) in [5, 5.41) is 16.0. The number of amides is 1. The van der Waals surface area contributed by atoms with Crippen molar-refractivity contribution in [3.8, 4) is 34.3 Å². The smallest absolute Gasteiger partial charge is 0.226 e. The third-order valence-corrected chi connectivity index (χ3v) is 6.90. The van der Waals surface area contributed by atoms with Gasteiger partial charge in [-0.05, 0) is 55.5 Å². The van der Waals surface area contributed by atoms with Crippen molar-refractivity contribution in [3.63, 3.8) is 0 Å². The van der Waals surface area contributed by atoms with Crippen LogP contribution in [0.3, 0.4) is 0 Å². The number of aromatic nitrogens is 2. The average molecular weight is 521 g/mol. The lowest BCUT2D eigenvalue weighted by atomic mass is 10.1. The van der Waals surface area contributed by atoms with Crippen molar-refractivity contribution in [2.75, 3.05) is 17.7 Å². The van der Waals surface area contributed by atoms with Gasteiger partial charge in [-0.15, -0.1) is 23.1 Å². The molecular formula is C26H21ClN4O2S2. The highest BCUT2D eigenvalue weighted by molar-refractivity contribution is 7.99. The van der Waals surface area contributed by atoms with E-state index in [0.29, 0.717) is 33.1 Å². The van der Waals surface area contributed by atoms with Gasteiger partial charge in [0.05, 0.1) is 23.6 Å². The van der Waals surface area contributed by atoms with E-state index in [-0.39, 0.29) is 12.3 Å². The fourth-order valence-corrected chi connectivity index (χ4v) is 4.97. The zero-order valence-electron chi connectivity index (χ0n) is 18.8. The van der Waals surface area contributed by atoms with Crippen molar-refractivity contribution in [1.29, 1.82) is 5.26 Å². The minimum atomic E-state index is -0.141. The van der Waals surface area contributed by atoms with Gasteiger partial charge in [0.15, 0.2) is 5.13 Å². The third-order valence-electron chi connectivity index (χ3n) is 4.90. The molecule has 35 heavy (non-hydrogen) atoms. The van der Waals surface area contributed by atoms with Crippen molar-refractivity contribution in [3.05, 3.63) is 76.6 Å². The number of thioether (sulfide) groups is 1. The summed E-state index contributed by atoms with van der Waals surface area (Å²) in [6.45, 7) is 2.56. The first-order chi connectivity index (χ1) is 17.1. The fourth-order valence-electron chi connectivity index (χ4n) is 3.19. The lowest BCUT2D eigenvalue weighted by molar-refractivity contribution is -0.115. The molecule has 4 rings (SSSR count). The van der Waals surface area contributed by atoms with Crippen LogP contribution in [0.15, 0.2) is 71.1 Å². The predicted octanol–water partition coefficient (Wildman–Crippen LogP) is 6.92. The van der Waals surface area contributed by atoms with E-state index in [9.17, 15) is 10.1 Å². The van der Waals surface area contributed by atoms with Gasteiger partial charge >= 0.3 is 0 Å². The van der Waals surface area contributed by atoms with Gasteiger partial charge in [0.1, 0.15) is 16.8 Å². The highest BCUT2D eigenvalue weighted by Gasteiger charge is 2.12. The van der Waals surface area contributed by atoms with Gasteiger partial charge in [0.2, 0.25) is 5.91 Å². The van der Waals surface area contributed by atoms with Crippen LogP contribution < -0.4 is 10.1 Å². The van der Waals surface area contributed by atoms with Crippen molar-refractivity contribution in [1.82, 2.24) is 9.97 Å². The van der Waals surface area contributed by atoms with Crippen LogP contribution in [-0.4, -0.2) is 28.2 Å². The first-order valence-corrected chi connectivity index (χ1v) is 13.1. The molecule has 2 aromatic carbocycles. The number of anilines is 1. The molecule has 0 atom stereocenters. The van der Waals surface area contributed by atoms with Crippen LogP contribution in [-0.2, 0) is 4.79 Å². The molecule has 2 heterocycles. The van der Waals surface area contributed by atoms with E-state index < -0.39 is 0 Å². The number of nitrogens with one attached hydrogen (secondary N) is 1. The SMILES string of the molecule is CCOc1ccc(-c2csc(NC(=O)CCSc3nc(-c4ccc(Cl)cc4)ccc3C#N)n2)cc1. The van der Waals surface area contributed by atoms with Gasteiger partial charge in [-0.2, -0.15) is 5.26 Å². The number of hydrogen-bond acceptors (Lipinski definition) is 7. The van der Waals surface area contributed by atoms with Crippen molar-refractivity contribution < 1.29 is 9.53 Å². The van der Waals surface area contributed by atoms with E-state index in [1.54, 1.807) is 18.2 Å². The highest BCUT2D eigenvalue weighted by atomic mass is 35.5. The molecule has 1 N–H and O–H groups in total. The van der Waals surface area contributed by atoms with Crippen LogP contribution in [0, 0.1) is 11.3 Å². The number of nitrogens with zero attached hydrogens (tertiary/aromatic N) is 3. The lowest BCUT2D eigenvalue weighted by Gasteiger charge is -2.07. The number of carbonyl (C=O) groups is 1. The average Bonchev–Trinajstić information content (AvgIpc) is 3.33. The molecular weight excluding hydrogens is 500 g/mol. The number of halogens is 1. The van der Waals surface area contributed by atoms with E-state index in [1.807, 2.05) is 54.8 Å². The molecule has 1 amide bonds. The predicted molar refractivity (Wildman–Crippen MR) is 142 cm³/mol. The normalized spacial score (nSPS) is 10.5. The summed E-state index contributed by atoms with van der Waals surface area (Å²) >= 11 is 8.73. The summed E-state index contributed by atoms with van der Waals surface area (Å²) in [4.78, 5) is 21.6. The summed E-state index contributed by atoms with van der Waals surface area (Å²) in [7, 11) is 0. The third kappa shape index (κ3) is 6.61. The van der Waals surface area contributed by atoms with E-state index in [0.717, 1.165) is 28.3 Å². The Labute approximate surface area is 217 Å². The van der Waals surface area contributed by atoms with Gasteiger partial charge in [0, 0.05) is 33.7 Å². The largest absolute Gasteiger partial charge is 0.494 e. The first kappa shape index (κ1) is 24.7. The minimum Gasteiger partial charge on any atom is -0.494 e. The molecule has 0 bridgehead atoms. The molecule has 4 aromatic rings. The Morgan fingerprint density at radius 1 is 1.06 bits per heavy atom. The molecule has 0 spiro atoms. The number of rotatable bonds is 9. The molecule has 0 aliphatic heterocycles. The fraction of sp³-hybridized carbons (Fsp3) is 0.154. The monoisotopic (exact) mass is 520 g/mol. The van der Waals surface area contributed by atoms with E-state index >= 15 is 0 Å². The van der Waals surface area contributed by atoms with Crippen LogP contribution in [0.1, 0.15) is 18.9 Å². The maximum absolute atomic E-state index is 12.5. The number of carbonyl (C=O) groups excluding carboxylic acids is 1. The van der Waals surface area contributed by atoms with Crippen LogP contribution in [0.5, 0.6) is 5.75 Å². The Balaban J connectivity index is 1.34. The van der Waals surface area contributed by atoms with Gasteiger partial charge in [-0.1, -0.05) is 23.7 Å². The van der Waals surface area contributed by atoms with Crippen molar-refractivity contribution >= 4 is 45.7 Å². The van der Waals surface area contributed by atoms with Crippen LogP contribution in [0.4, 0.5) is 5.13 Å². The van der Waals surface area contributed by atoms with Gasteiger partial charge in [-0.25, -0.2) is 9.97 Å².